The standard InChI is InChI=1S/C31H34BrN7O4/c1-16-7-8-25(32)35-29(16)36-30(43)24-11-31(6,15-40)19(4)39(24)26(42)14-38-28-17(2)9-21(22-12-33-20(5)34-13-22)10-23(28)27(37-38)18(3)41/h7-10,12-13,19,24,40H,11,14-15H2,1-6H3,(H,35,36,43)/t19-,24+,31+/m1/s1. The molecule has 0 bridgehead atoms. The van der Waals surface area contributed by atoms with E-state index in [4.69, 9.17) is 0 Å². The van der Waals surface area contributed by atoms with Crippen LogP contribution in [-0.4, -0.2) is 71.0 Å². The molecule has 1 aliphatic rings. The lowest BCUT2D eigenvalue weighted by Gasteiger charge is -2.32. The fraction of sp³-hybridized carbons (Fsp3) is 0.387. The van der Waals surface area contributed by atoms with Crippen molar-refractivity contribution < 1.29 is 19.5 Å². The SMILES string of the molecule is CC(=O)c1nn(CC(=O)N2[C@H](C(=O)Nc3nc(Br)ccc3C)C[C@@](C)(CO)[C@H]2C)c2c(C)cc(-c3cnc(C)nc3)cc12. The fourth-order valence-electron chi connectivity index (χ4n) is 5.77. The Balaban J connectivity index is 1.51. The highest BCUT2D eigenvalue weighted by Crippen LogP contribution is 2.41. The van der Waals surface area contributed by atoms with Gasteiger partial charge in [-0.3, -0.25) is 19.1 Å². The number of rotatable bonds is 7. The first-order valence-electron chi connectivity index (χ1n) is 14.0. The van der Waals surface area contributed by atoms with Gasteiger partial charge in [-0.05, 0) is 84.9 Å². The minimum atomic E-state index is -0.844. The highest BCUT2D eigenvalue weighted by molar-refractivity contribution is 9.10. The number of nitrogens with one attached hydrogen (secondary N) is 1. The molecule has 0 unspecified atom stereocenters. The zero-order valence-electron chi connectivity index (χ0n) is 25.0. The molecule has 12 heteroatoms. The van der Waals surface area contributed by atoms with Crippen LogP contribution in [0.4, 0.5) is 5.82 Å². The van der Waals surface area contributed by atoms with Crippen molar-refractivity contribution in [3.05, 3.63) is 63.9 Å². The Kier molecular flexibility index (Phi) is 8.19. The summed E-state index contributed by atoms with van der Waals surface area (Å²) in [5.41, 5.74) is 3.43. The summed E-state index contributed by atoms with van der Waals surface area (Å²) >= 11 is 3.34. The van der Waals surface area contributed by atoms with Gasteiger partial charge in [-0.2, -0.15) is 5.10 Å². The average molecular weight is 649 g/mol. The van der Waals surface area contributed by atoms with Crippen molar-refractivity contribution >= 4 is 50.2 Å². The quantitative estimate of drug-likeness (QED) is 0.222. The number of hydrogen-bond donors (Lipinski definition) is 2. The van der Waals surface area contributed by atoms with Crippen LogP contribution >= 0.6 is 15.9 Å². The largest absolute Gasteiger partial charge is 0.396 e. The first-order valence-corrected chi connectivity index (χ1v) is 14.8. The van der Waals surface area contributed by atoms with Crippen LogP contribution in [0.3, 0.4) is 0 Å². The topological polar surface area (TPSA) is 143 Å². The third-order valence-electron chi connectivity index (χ3n) is 8.44. The molecule has 1 fully saturated rings. The normalized spacial score (nSPS) is 20.0. The number of aliphatic hydroxyl groups is 1. The van der Waals surface area contributed by atoms with Gasteiger partial charge in [0.25, 0.3) is 0 Å². The molecule has 1 aliphatic heterocycles. The third kappa shape index (κ3) is 5.68. The van der Waals surface area contributed by atoms with E-state index in [2.05, 4.69) is 41.3 Å². The second-order valence-electron chi connectivity index (χ2n) is 11.6. The lowest BCUT2D eigenvalue weighted by molar-refractivity contribution is -0.139. The van der Waals surface area contributed by atoms with E-state index < -0.39 is 17.5 Å². The van der Waals surface area contributed by atoms with E-state index >= 15 is 0 Å². The van der Waals surface area contributed by atoms with Gasteiger partial charge in [0.05, 0.1) is 12.1 Å². The molecule has 0 saturated carbocycles. The number of aliphatic hydroxyl groups excluding tert-OH is 1. The Labute approximate surface area is 257 Å². The van der Waals surface area contributed by atoms with Gasteiger partial charge in [0.15, 0.2) is 5.78 Å². The number of aryl methyl sites for hydroxylation is 3. The van der Waals surface area contributed by atoms with Gasteiger partial charge in [-0.1, -0.05) is 13.0 Å². The molecule has 43 heavy (non-hydrogen) atoms. The van der Waals surface area contributed by atoms with Crippen LogP contribution in [0, 0.1) is 26.2 Å². The summed E-state index contributed by atoms with van der Waals surface area (Å²) in [6, 6.07) is 6.15. The number of halogens is 1. The molecule has 4 heterocycles. The summed E-state index contributed by atoms with van der Waals surface area (Å²) in [4.78, 5) is 54.8. The van der Waals surface area contributed by atoms with E-state index in [9.17, 15) is 19.5 Å². The van der Waals surface area contributed by atoms with Crippen LogP contribution in [-0.2, 0) is 16.1 Å². The van der Waals surface area contributed by atoms with E-state index in [1.165, 1.54) is 16.5 Å². The maximum Gasteiger partial charge on any atom is 0.248 e. The number of carbonyl (C=O) groups is 3. The van der Waals surface area contributed by atoms with E-state index in [0.717, 1.165) is 22.3 Å². The molecule has 3 atom stereocenters. The van der Waals surface area contributed by atoms with Crippen LogP contribution in [0.5, 0.6) is 0 Å². The monoisotopic (exact) mass is 647 g/mol. The van der Waals surface area contributed by atoms with Crippen molar-refractivity contribution in [2.45, 2.75) is 66.6 Å². The maximum absolute atomic E-state index is 14.1. The van der Waals surface area contributed by atoms with Crippen LogP contribution in [0.2, 0.25) is 0 Å². The van der Waals surface area contributed by atoms with Crippen LogP contribution < -0.4 is 5.32 Å². The third-order valence-corrected chi connectivity index (χ3v) is 8.89. The second-order valence-corrected chi connectivity index (χ2v) is 12.4. The minimum absolute atomic E-state index is 0.193. The van der Waals surface area contributed by atoms with E-state index in [0.29, 0.717) is 27.1 Å². The smallest absolute Gasteiger partial charge is 0.248 e. The van der Waals surface area contributed by atoms with Gasteiger partial charge < -0.3 is 15.3 Å². The Morgan fingerprint density at radius 2 is 1.79 bits per heavy atom. The predicted molar refractivity (Wildman–Crippen MR) is 165 cm³/mol. The Bertz CT molecular complexity index is 1750. The minimum Gasteiger partial charge on any atom is -0.396 e. The lowest BCUT2D eigenvalue weighted by atomic mass is 9.83. The first kappa shape index (κ1) is 30.4. The van der Waals surface area contributed by atoms with Crippen molar-refractivity contribution in [3.8, 4) is 11.1 Å². The summed E-state index contributed by atoms with van der Waals surface area (Å²) in [6.07, 6.45) is 3.73. The van der Waals surface area contributed by atoms with Crippen molar-refractivity contribution in [1.29, 1.82) is 0 Å². The second kappa shape index (κ2) is 11.6. The summed E-state index contributed by atoms with van der Waals surface area (Å²) in [5, 5.41) is 18.3. The number of hydrogen-bond acceptors (Lipinski definition) is 8. The first-order chi connectivity index (χ1) is 20.3. The number of amides is 2. The Hall–Kier alpha value is -4.03. The number of likely N-dealkylation sites (tertiary alicyclic amines) is 1. The zero-order valence-corrected chi connectivity index (χ0v) is 26.6. The molecule has 4 aromatic rings. The highest BCUT2D eigenvalue weighted by atomic mass is 79.9. The van der Waals surface area contributed by atoms with Crippen LogP contribution in [0.25, 0.3) is 22.0 Å². The van der Waals surface area contributed by atoms with E-state index in [-0.39, 0.29) is 42.9 Å². The molecule has 224 valence electrons. The van der Waals surface area contributed by atoms with E-state index in [1.807, 2.05) is 52.8 Å². The molecule has 0 aliphatic carbocycles. The number of benzene rings is 1. The molecule has 3 aromatic heterocycles. The van der Waals surface area contributed by atoms with Crippen LogP contribution in [0.1, 0.15) is 54.6 Å². The summed E-state index contributed by atoms with van der Waals surface area (Å²) in [7, 11) is 0. The van der Waals surface area contributed by atoms with Crippen molar-refractivity contribution in [3.63, 3.8) is 0 Å². The van der Waals surface area contributed by atoms with Crippen LogP contribution in [0.15, 0.2) is 41.3 Å². The lowest BCUT2D eigenvalue weighted by Crippen LogP contribution is -2.48. The zero-order chi connectivity index (χ0) is 31.2. The number of pyridine rings is 1. The number of aromatic nitrogens is 5. The van der Waals surface area contributed by atoms with Crippen molar-refractivity contribution in [2.24, 2.45) is 5.41 Å². The average Bonchev–Trinajstić information content (AvgIpc) is 3.46. The number of Topliss-reactive ketones (excluding diaryl/α,β-unsaturated/α-hetero) is 1. The molecular formula is C31H34BrN7O4. The van der Waals surface area contributed by atoms with Gasteiger partial charge in [0.2, 0.25) is 11.8 Å². The van der Waals surface area contributed by atoms with Gasteiger partial charge in [0.1, 0.15) is 34.5 Å². The number of nitrogens with zero attached hydrogens (tertiary/aromatic N) is 6. The molecule has 1 aromatic carbocycles. The number of carbonyl (C=O) groups excluding carboxylic acids is 3. The predicted octanol–water partition coefficient (Wildman–Crippen LogP) is 4.41. The molecule has 0 spiro atoms. The highest BCUT2D eigenvalue weighted by Gasteiger charge is 2.51. The number of fused-ring (bicyclic) bond motifs is 1. The Morgan fingerprint density at radius 3 is 2.44 bits per heavy atom. The van der Waals surface area contributed by atoms with Gasteiger partial charge in [-0.25, -0.2) is 15.0 Å². The molecule has 1 saturated heterocycles. The summed E-state index contributed by atoms with van der Waals surface area (Å²) < 4.78 is 2.11. The maximum atomic E-state index is 14.1. The molecule has 0 radical (unpaired) electrons. The Morgan fingerprint density at radius 1 is 1.09 bits per heavy atom. The van der Waals surface area contributed by atoms with E-state index in [1.54, 1.807) is 18.5 Å². The van der Waals surface area contributed by atoms with Gasteiger partial charge in [-0.15, -0.1) is 0 Å². The number of anilines is 1. The summed E-state index contributed by atoms with van der Waals surface area (Å²) in [6.45, 7) is 10.3. The molecular weight excluding hydrogens is 614 g/mol. The van der Waals surface area contributed by atoms with Gasteiger partial charge in [0, 0.05) is 41.7 Å². The molecule has 11 nitrogen and oxygen atoms in total. The molecule has 2 N–H and O–H groups in total. The number of ketones is 1. The van der Waals surface area contributed by atoms with Gasteiger partial charge >= 0.3 is 0 Å². The van der Waals surface area contributed by atoms with Crippen molar-refractivity contribution in [1.82, 2.24) is 29.6 Å². The molecule has 2 amide bonds. The molecule has 5 rings (SSSR count). The van der Waals surface area contributed by atoms with Crippen molar-refractivity contribution in [2.75, 3.05) is 11.9 Å². The fourth-order valence-corrected chi connectivity index (χ4v) is 6.08. The summed E-state index contributed by atoms with van der Waals surface area (Å²) in [5.74, 6) is 0.0810.